The lowest BCUT2D eigenvalue weighted by molar-refractivity contribution is -0.0287. The van der Waals surface area contributed by atoms with Crippen LogP contribution in [0.5, 0.6) is 0 Å². The van der Waals surface area contributed by atoms with E-state index in [1.54, 1.807) is 13.2 Å². The molecule has 0 aliphatic carbocycles. The number of benzene rings is 1. The predicted octanol–water partition coefficient (Wildman–Crippen LogP) is 4.20. The van der Waals surface area contributed by atoms with Crippen LogP contribution in [0.3, 0.4) is 0 Å². The second kappa shape index (κ2) is 7.96. The van der Waals surface area contributed by atoms with Crippen molar-refractivity contribution in [3.63, 3.8) is 0 Å². The highest BCUT2D eigenvalue weighted by atomic mass is 35.5. The van der Waals surface area contributed by atoms with E-state index in [0.717, 1.165) is 24.9 Å². The van der Waals surface area contributed by atoms with Crippen LogP contribution in [-0.2, 0) is 11.2 Å². The Morgan fingerprint density at radius 1 is 1.40 bits per heavy atom. The molecule has 1 N–H and O–H groups in total. The summed E-state index contributed by atoms with van der Waals surface area (Å²) in [5, 5.41) is 3.68. The van der Waals surface area contributed by atoms with Crippen molar-refractivity contribution in [3.05, 3.63) is 34.6 Å². The molecule has 114 valence electrons. The van der Waals surface area contributed by atoms with Gasteiger partial charge in [-0.15, -0.1) is 0 Å². The predicted molar refractivity (Wildman–Crippen MR) is 82.9 cm³/mol. The van der Waals surface area contributed by atoms with Crippen molar-refractivity contribution in [2.75, 3.05) is 13.7 Å². The van der Waals surface area contributed by atoms with E-state index in [9.17, 15) is 4.39 Å². The highest BCUT2D eigenvalue weighted by molar-refractivity contribution is 6.30. The summed E-state index contributed by atoms with van der Waals surface area (Å²) in [4.78, 5) is 0. The first-order valence-electron chi connectivity index (χ1n) is 7.19. The first-order valence-corrected chi connectivity index (χ1v) is 7.57. The Kier molecular flexibility index (Phi) is 6.93. The summed E-state index contributed by atoms with van der Waals surface area (Å²) in [5.74, 6) is -0.367. The molecule has 1 rings (SSSR count). The maximum Gasteiger partial charge on any atom is 0.142 e. The summed E-state index contributed by atoms with van der Waals surface area (Å²) >= 11 is 5.73. The van der Waals surface area contributed by atoms with Gasteiger partial charge in [0.1, 0.15) is 5.82 Å². The molecule has 0 spiro atoms. The Balaban J connectivity index is 2.90. The van der Waals surface area contributed by atoms with Crippen molar-refractivity contribution in [3.8, 4) is 0 Å². The number of hydrogen-bond acceptors (Lipinski definition) is 2. The first-order chi connectivity index (χ1) is 9.46. The van der Waals surface area contributed by atoms with E-state index in [0.29, 0.717) is 6.42 Å². The Bertz CT molecular complexity index is 421. The lowest BCUT2D eigenvalue weighted by atomic mass is 9.88. The van der Waals surface area contributed by atoms with E-state index >= 15 is 0 Å². The quantitative estimate of drug-likeness (QED) is 0.777. The molecule has 0 heterocycles. The average molecular weight is 302 g/mol. The van der Waals surface area contributed by atoms with Gasteiger partial charge < -0.3 is 10.1 Å². The molecule has 1 aromatic rings. The molecular formula is C16H25ClFNO. The molecule has 0 aliphatic heterocycles. The molecule has 0 fully saturated rings. The average Bonchev–Trinajstić information content (AvgIpc) is 2.46. The van der Waals surface area contributed by atoms with Crippen molar-refractivity contribution in [1.82, 2.24) is 5.32 Å². The minimum Gasteiger partial charge on any atom is -0.377 e. The van der Waals surface area contributed by atoms with Gasteiger partial charge in [0.15, 0.2) is 0 Å². The summed E-state index contributed by atoms with van der Waals surface area (Å²) in [6, 6.07) is 5.13. The zero-order valence-electron chi connectivity index (χ0n) is 12.8. The van der Waals surface area contributed by atoms with Gasteiger partial charge in [0.05, 0.1) is 10.6 Å². The zero-order chi connectivity index (χ0) is 15.2. The van der Waals surface area contributed by atoms with Crippen LogP contribution >= 0.6 is 11.6 Å². The second-order valence-corrected chi connectivity index (χ2v) is 5.74. The summed E-state index contributed by atoms with van der Waals surface area (Å²) < 4.78 is 19.2. The molecule has 0 amide bonds. The number of hydrogen-bond donors (Lipinski definition) is 1. The van der Waals surface area contributed by atoms with Crippen molar-refractivity contribution in [2.45, 2.75) is 51.7 Å². The largest absolute Gasteiger partial charge is 0.377 e. The van der Waals surface area contributed by atoms with Gasteiger partial charge in [-0.2, -0.15) is 0 Å². The smallest absolute Gasteiger partial charge is 0.142 e. The van der Waals surface area contributed by atoms with Gasteiger partial charge in [-0.25, -0.2) is 4.39 Å². The van der Waals surface area contributed by atoms with Gasteiger partial charge >= 0.3 is 0 Å². The van der Waals surface area contributed by atoms with Crippen LogP contribution < -0.4 is 5.32 Å². The molecule has 0 aromatic heterocycles. The minimum absolute atomic E-state index is 0.137. The van der Waals surface area contributed by atoms with Crippen LogP contribution in [0.25, 0.3) is 0 Å². The summed E-state index contributed by atoms with van der Waals surface area (Å²) in [6.07, 6.45) is 2.65. The van der Waals surface area contributed by atoms with E-state index in [4.69, 9.17) is 16.3 Å². The Hall–Kier alpha value is -0.640. The fourth-order valence-electron chi connectivity index (χ4n) is 2.26. The lowest BCUT2D eigenvalue weighted by Gasteiger charge is -2.36. The Labute approximate surface area is 126 Å². The van der Waals surface area contributed by atoms with E-state index in [1.165, 1.54) is 6.07 Å². The van der Waals surface area contributed by atoms with E-state index in [-0.39, 0.29) is 22.5 Å². The van der Waals surface area contributed by atoms with Crippen molar-refractivity contribution >= 4 is 11.6 Å². The Morgan fingerprint density at radius 2 is 2.10 bits per heavy atom. The standard InChI is InChI=1S/C16H25ClFNO/c1-5-9-19-15(16(3,6-2)20-4)11-12-7-8-13(17)14(18)10-12/h7-8,10,15,19H,5-6,9,11H2,1-4H3. The highest BCUT2D eigenvalue weighted by Crippen LogP contribution is 2.24. The first kappa shape index (κ1) is 17.4. The molecule has 0 aliphatic rings. The van der Waals surface area contributed by atoms with E-state index in [1.807, 2.05) is 6.07 Å². The molecule has 20 heavy (non-hydrogen) atoms. The molecule has 2 nitrogen and oxygen atoms in total. The maximum atomic E-state index is 13.6. The van der Waals surface area contributed by atoms with E-state index in [2.05, 4.69) is 26.1 Å². The molecule has 0 saturated heterocycles. The minimum atomic E-state index is -0.367. The molecule has 2 unspecified atom stereocenters. The zero-order valence-corrected chi connectivity index (χ0v) is 13.6. The van der Waals surface area contributed by atoms with Crippen LogP contribution in [0.2, 0.25) is 5.02 Å². The van der Waals surface area contributed by atoms with Crippen molar-refractivity contribution in [1.29, 1.82) is 0 Å². The summed E-state index contributed by atoms with van der Waals surface area (Å²) in [6.45, 7) is 7.24. The van der Waals surface area contributed by atoms with Gasteiger partial charge in [0, 0.05) is 13.2 Å². The monoisotopic (exact) mass is 301 g/mol. The third-order valence-electron chi connectivity index (χ3n) is 3.97. The third kappa shape index (κ3) is 4.44. The normalized spacial score (nSPS) is 15.9. The SMILES string of the molecule is CCCNC(Cc1ccc(Cl)c(F)c1)C(C)(CC)OC. The number of rotatable bonds is 8. The molecule has 2 atom stereocenters. The summed E-state index contributed by atoms with van der Waals surface area (Å²) in [5.41, 5.74) is 0.655. The molecule has 0 radical (unpaired) electrons. The molecule has 0 bridgehead atoms. The topological polar surface area (TPSA) is 21.3 Å². The van der Waals surface area contributed by atoms with Crippen LogP contribution in [0.15, 0.2) is 18.2 Å². The van der Waals surface area contributed by atoms with Crippen LogP contribution in [0, 0.1) is 5.82 Å². The van der Waals surface area contributed by atoms with Gasteiger partial charge in [0.25, 0.3) is 0 Å². The maximum absolute atomic E-state index is 13.6. The van der Waals surface area contributed by atoms with Crippen LogP contribution in [-0.4, -0.2) is 25.3 Å². The fraction of sp³-hybridized carbons (Fsp3) is 0.625. The number of nitrogens with one attached hydrogen (secondary N) is 1. The van der Waals surface area contributed by atoms with Crippen molar-refractivity contribution in [2.24, 2.45) is 0 Å². The summed E-state index contributed by atoms with van der Waals surface area (Å²) in [7, 11) is 1.73. The lowest BCUT2D eigenvalue weighted by Crippen LogP contribution is -2.51. The van der Waals surface area contributed by atoms with Crippen LogP contribution in [0.1, 0.15) is 39.2 Å². The number of halogens is 2. The Morgan fingerprint density at radius 3 is 2.60 bits per heavy atom. The molecule has 1 aromatic carbocycles. The second-order valence-electron chi connectivity index (χ2n) is 5.33. The van der Waals surface area contributed by atoms with Gasteiger partial charge in [-0.3, -0.25) is 0 Å². The molecular weight excluding hydrogens is 277 g/mol. The third-order valence-corrected chi connectivity index (χ3v) is 4.28. The van der Waals surface area contributed by atoms with Crippen molar-refractivity contribution < 1.29 is 9.13 Å². The van der Waals surface area contributed by atoms with Gasteiger partial charge in [-0.1, -0.05) is 31.5 Å². The van der Waals surface area contributed by atoms with Gasteiger partial charge in [0.2, 0.25) is 0 Å². The van der Waals surface area contributed by atoms with Gasteiger partial charge in [-0.05, 0) is 50.4 Å². The molecule has 4 heteroatoms. The number of methoxy groups -OCH3 is 1. The molecule has 0 saturated carbocycles. The van der Waals surface area contributed by atoms with E-state index < -0.39 is 0 Å². The highest BCUT2D eigenvalue weighted by Gasteiger charge is 2.32. The number of ether oxygens (including phenoxy) is 1. The fourth-order valence-corrected chi connectivity index (χ4v) is 2.38. The van der Waals surface area contributed by atoms with Crippen LogP contribution in [0.4, 0.5) is 4.39 Å².